The minimum atomic E-state index is 0.0480. The fourth-order valence-electron chi connectivity index (χ4n) is 2.05. The van der Waals surface area contributed by atoms with Gasteiger partial charge in [0.15, 0.2) is 0 Å². The van der Waals surface area contributed by atoms with Crippen LogP contribution in [0, 0.1) is 0 Å². The Balaban J connectivity index is 2.20. The maximum atomic E-state index is 11.0. The number of amides is 1. The van der Waals surface area contributed by atoms with Crippen LogP contribution < -0.4 is 10.6 Å². The van der Waals surface area contributed by atoms with E-state index in [4.69, 9.17) is 4.74 Å². The van der Waals surface area contributed by atoms with Crippen LogP contribution in [0.1, 0.15) is 32.1 Å². The zero-order valence-corrected chi connectivity index (χ0v) is 9.71. The van der Waals surface area contributed by atoms with Gasteiger partial charge in [0.2, 0.25) is 5.91 Å². The third-order valence-electron chi connectivity index (χ3n) is 3.01. The topological polar surface area (TPSA) is 50.4 Å². The summed E-state index contributed by atoms with van der Waals surface area (Å²) in [7, 11) is 3.63. The van der Waals surface area contributed by atoms with Crippen molar-refractivity contribution in [3.8, 4) is 0 Å². The molecule has 0 bridgehead atoms. The highest BCUT2D eigenvalue weighted by Crippen LogP contribution is 2.21. The third-order valence-corrected chi connectivity index (χ3v) is 3.01. The molecular formula is C11H22N2O2. The van der Waals surface area contributed by atoms with Gasteiger partial charge in [-0.05, 0) is 19.9 Å². The van der Waals surface area contributed by atoms with Gasteiger partial charge >= 0.3 is 0 Å². The van der Waals surface area contributed by atoms with Crippen molar-refractivity contribution < 1.29 is 9.53 Å². The highest BCUT2D eigenvalue weighted by molar-refractivity contribution is 5.75. The number of carbonyl (C=O) groups excluding carboxylic acids is 1. The van der Waals surface area contributed by atoms with Crippen molar-refractivity contribution in [2.45, 2.75) is 44.2 Å². The van der Waals surface area contributed by atoms with Crippen LogP contribution in [0.2, 0.25) is 0 Å². The van der Waals surface area contributed by atoms with Gasteiger partial charge in [0.1, 0.15) is 0 Å². The summed E-state index contributed by atoms with van der Waals surface area (Å²) in [5.41, 5.74) is 0. The molecule has 1 rings (SSSR count). The number of nitrogens with one attached hydrogen (secondary N) is 2. The van der Waals surface area contributed by atoms with E-state index in [0.29, 0.717) is 19.1 Å². The monoisotopic (exact) mass is 214 g/mol. The first-order chi connectivity index (χ1) is 7.27. The highest BCUT2D eigenvalue weighted by Gasteiger charge is 2.24. The van der Waals surface area contributed by atoms with E-state index in [1.54, 1.807) is 7.05 Å². The molecule has 1 fully saturated rings. The molecule has 4 heteroatoms. The first kappa shape index (κ1) is 12.5. The van der Waals surface area contributed by atoms with Crippen LogP contribution in [0.5, 0.6) is 0 Å². The molecule has 2 atom stereocenters. The Hall–Kier alpha value is -0.610. The summed E-state index contributed by atoms with van der Waals surface area (Å²) in [6, 6.07) is 0.462. The van der Waals surface area contributed by atoms with Crippen molar-refractivity contribution in [3.63, 3.8) is 0 Å². The van der Waals surface area contributed by atoms with E-state index in [1.165, 1.54) is 19.3 Å². The summed E-state index contributed by atoms with van der Waals surface area (Å²) in [5.74, 6) is 0.0480. The molecule has 0 aliphatic heterocycles. The van der Waals surface area contributed by atoms with Crippen LogP contribution in [0.25, 0.3) is 0 Å². The van der Waals surface area contributed by atoms with Gasteiger partial charge in [-0.1, -0.05) is 12.8 Å². The molecule has 0 aromatic carbocycles. The molecule has 0 radical (unpaired) electrons. The van der Waals surface area contributed by atoms with E-state index in [-0.39, 0.29) is 12.0 Å². The van der Waals surface area contributed by atoms with Crippen molar-refractivity contribution in [2.24, 2.45) is 0 Å². The Bertz CT molecular complexity index is 197. The van der Waals surface area contributed by atoms with Gasteiger partial charge in [0.05, 0.1) is 12.7 Å². The van der Waals surface area contributed by atoms with Gasteiger partial charge in [0, 0.05) is 19.5 Å². The molecule has 0 aromatic rings. The summed E-state index contributed by atoms with van der Waals surface area (Å²) in [4.78, 5) is 11.0. The standard InChI is InChI=1S/C11H22N2O2/c1-12-9-5-3-4-6-10(9)15-8-7-11(14)13-2/h9-10,12H,3-8H2,1-2H3,(H,13,14). The Kier molecular flexibility index (Phi) is 5.65. The first-order valence-corrected chi connectivity index (χ1v) is 5.77. The van der Waals surface area contributed by atoms with Crippen LogP contribution in [0.4, 0.5) is 0 Å². The van der Waals surface area contributed by atoms with Gasteiger partial charge in [-0.2, -0.15) is 0 Å². The third kappa shape index (κ3) is 4.18. The predicted octanol–water partition coefficient (Wildman–Crippen LogP) is 0.670. The first-order valence-electron chi connectivity index (χ1n) is 5.77. The van der Waals surface area contributed by atoms with Gasteiger partial charge in [0.25, 0.3) is 0 Å². The fraction of sp³-hybridized carbons (Fsp3) is 0.909. The minimum Gasteiger partial charge on any atom is -0.376 e. The molecule has 4 nitrogen and oxygen atoms in total. The van der Waals surface area contributed by atoms with Crippen LogP contribution in [0.3, 0.4) is 0 Å². The molecule has 2 unspecified atom stereocenters. The van der Waals surface area contributed by atoms with Crippen molar-refractivity contribution in [2.75, 3.05) is 20.7 Å². The molecule has 1 aliphatic carbocycles. The minimum absolute atomic E-state index is 0.0480. The van der Waals surface area contributed by atoms with Gasteiger partial charge in [-0.15, -0.1) is 0 Å². The number of ether oxygens (including phenoxy) is 1. The van der Waals surface area contributed by atoms with Crippen LogP contribution in [0.15, 0.2) is 0 Å². The molecule has 0 aromatic heterocycles. The number of carbonyl (C=O) groups is 1. The summed E-state index contributed by atoms with van der Waals surface area (Å²) < 4.78 is 5.74. The molecule has 1 aliphatic rings. The molecule has 1 saturated carbocycles. The maximum Gasteiger partial charge on any atom is 0.222 e. The zero-order chi connectivity index (χ0) is 11.1. The number of likely N-dealkylation sites (N-methyl/N-ethyl adjacent to an activating group) is 1. The van der Waals surface area contributed by atoms with Gasteiger partial charge < -0.3 is 15.4 Å². The van der Waals surface area contributed by atoms with Crippen molar-refractivity contribution in [1.82, 2.24) is 10.6 Å². The quantitative estimate of drug-likeness (QED) is 0.707. The van der Waals surface area contributed by atoms with Gasteiger partial charge in [-0.25, -0.2) is 0 Å². The lowest BCUT2D eigenvalue weighted by molar-refractivity contribution is -0.122. The Labute approximate surface area is 91.8 Å². The Morgan fingerprint density at radius 3 is 2.73 bits per heavy atom. The van der Waals surface area contributed by atoms with Crippen LogP contribution in [-0.4, -0.2) is 38.8 Å². The van der Waals surface area contributed by atoms with Crippen molar-refractivity contribution in [1.29, 1.82) is 0 Å². The molecular weight excluding hydrogens is 192 g/mol. The molecule has 2 N–H and O–H groups in total. The van der Waals surface area contributed by atoms with Gasteiger partial charge in [-0.3, -0.25) is 4.79 Å². The van der Waals surface area contributed by atoms with E-state index in [0.717, 1.165) is 6.42 Å². The zero-order valence-electron chi connectivity index (χ0n) is 9.71. The predicted molar refractivity (Wildman–Crippen MR) is 59.7 cm³/mol. The van der Waals surface area contributed by atoms with E-state index in [2.05, 4.69) is 10.6 Å². The van der Waals surface area contributed by atoms with Crippen LogP contribution in [-0.2, 0) is 9.53 Å². The number of rotatable bonds is 5. The SMILES string of the molecule is CNC(=O)CCOC1CCCCC1NC. The van der Waals surface area contributed by atoms with Crippen molar-refractivity contribution in [3.05, 3.63) is 0 Å². The molecule has 0 spiro atoms. The average molecular weight is 214 g/mol. The number of hydrogen-bond donors (Lipinski definition) is 2. The molecule has 15 heavy (non-hydrogen) atoms. The van der Waals surface area contributed by atoms with E-state index in [1.807, 2.05) is 7.05 Å². The second-order valence-corrected chi connectivity index (χ2v) is 4.01. The van der Waals surface area contributed by atoms with E-state index in [9.17, 15) is 4.79 Å². The lowest BCUT2D eigenvalue weighted by Gasteiger charge is -2.31. The summed E-state index contributed by atoms with van der Waals surface area (Å²) in [6.07, 6.45) is 5.56. The van der Waals surface area contributed by atoms with E-state index >= 15 is 0 Å². The normalized spacial score (nSPS) is 26.3. The smallest absolute Gasteiger partial charge is 0.222 e. The summed E-state index contributed by atoms with van der Waals surface area (Å²) >= 11 is 0. The second kappa shape index (κ2) is 6.80. The lowest BCUT2D eigenvalue weighted by Crippen LogP contribution is -2.42. The molecule has 0 heterocycles. The molecule has 1 amide bonds. The molecule has 0 saturated heterocycles. The largest absolute Gasteiger partial charge is 0.376 e. The second-order valence-electron chi connectivity index (χ2n) is 4.01. The Morgan fingerprint density at radius 2 is 2.07 bits per heavy atom. The lowest BCUT2D eigenvalue weighted by atomic mass is 9.92. The van der Waals surface area contributed by atoms with Crippen LogP contribution >= 0.6 is 0 Å². The summed E-state index contributed by atoms with van der Waals surface area (Å²) in [5, 5.41) is 5.87. The molecule has 88 valence electrons. The van der Waals surface area contributed by atoms with Crippen molar-refractivity contribution >= 4 is 5.91 Å². The average Bonchev–Trinajstić information content (AvgIpc) is 2.29. The van der Waals surface area contributed by atoms with E-state index < -0.39 is 0 Å². The highest BCUT2D eigenvalue weighted by atomic mass is 16.5. The maximum absolute atomic E-state index is 11.0. The Morgan fingerprint density at radius 1 is 1.33 bits per heavy atom. The summed E-state index contributed by atoms with van der Waals surface area (Å²) in [6.45, 7) is 0.530. The fourth-order valence-corrected chi connectivity index (χ4v) is 2.05. The number of hydrogen-bond acceptors (Lipinski definition) is 3.